The number of amides is 2. The molecule has 0 saturated carbocycles. The summed E-state index contributed by atoms with van der Waals surface area (Å²) in [5.74, 6) is -11.0. The summed E-state index contributed by atoms with van der Waals surface area (Å²) in [6.45, 7) is 0. The topological polar surface area (TPSA) is 221 Å². The van der Waals surface area contributed by atoms with Crippen molar-refractivity contribution in [3.05, 3.63) is 117 Å². The predicted molar refractivity (Wildman–Crippen MR) is 161 cm³/mol. The number of benzene rings is 3. The quantitative estimate of drug-likeness (QED) is 0.0874. The number of hydrogen-bond acceptors (Lipinski definition) is 7. The van der Waals surface area contributed by atoms with Gasteiger partial charge in [0, 0.05) is 30.0 Å². The number of carboxylic acid groups (broad SMARTS) is 2. The van der Waals surface area contributed by atoms with Crippen LogP contribution in [0.5, 0.6) is 0 Å². The van der Waals surface area contributed by atoms with Gasteiger partial charge in [-0.3, -0.25) is 18.9 Å². The Morgan fingerprint density at radius 3 is 1.84 bits per heavy atom. The van der Waals surface area contributed by atoms with Crippen LogP contribution in [0.3, 0.4) is 0 Å². The highest BCUT2D eigenvalue weighted by Crippen LogP contribution is 2.59. The van der Waals surface area contributed by atoms with Crippen molar-refractivity contribution in [1.82, 2.24) is 10.6 Å². The van der Waals surface area contributed by atoms with Gasteiger partial charge in [0.15, 0.2) is 11.2 Å². The van der Waals surface area contributed by atoms with Gasteiger partial charge in [0.25, 0.3) is 5.91 Å². The number of carbonyl (C=O) groups excluding carboxylic acids is 2. The molecular weight excluding hydrogens is 683 g/mol. The lowest BCUT2D eigenvalue weighted by Gasteiger charge is -2.22. The van der Waals surface area contributed by atoms with Crippen LogP contribution in [0.15, 0.2) is 88.1 Å². The van der Waals surface area contributed by atoms with E-state index < -0.39 is 90.2 Å². The van der Waals surface area contributed by atoms with Gasteiger partial charge in [-0.15, -0.1) is 0 Å². The van der Waals surface area contributed by atoms with Gasteiger partial charge >= 0.3 is 31.1 Å². The van der Waals surface area contributed by atoms with Gasteiger partial charge < -0.3 is 35.1 Å². The lowest BCUT2D eigenvalue weighted by molar-refractivity contribution is -0.166. The van der Waals surface area contributed by atoms with Gasteiger partial charge in [-0.05, 0) is 23.3 Å². The molecule has 0 bridgehead atoms. The van der Waals surface area contributed by atoms with Crippen molar-refractivity contribution in [2.45, 2.75) is 36.5 Å². The normalized spacial score (nSPS) is 13.3. The maximum Gasteiger partial charge on any atom is 0.399 e. The number of carboxylic acids is 2. The van der Waals surface area contributed by atoms with Crippen LogP contribution in [0.4, 0.5) is 17.6 Å². The Bertz CT molecular complexity index is 2010. The smallest absolute Gasteiger partial charge is 0.399 e. The van der Waals surface area contributed by atoms with Gasteiger partial charge in [0.1, 0.15) is 17.7 Å². The van der Waals surface area contributed by atoms with Gasteiger partial charge in [-0.1, -0.05) is 60.7 Å². The van der Waals surface area contributed by atoms with Gasteiger partial charge in [-0.2, -0.15) is 17.6 Å². The summed E-state index contributed by atoms with van der Waals surface area (Å²) < 4.78 is 72.6. The molecule has 49 heavy (non-hydrogen) atoms. The Labute approximate surface area is 272 Å². The molecule has 2 atom stereocenters. The third kappa shape index (κ3) is 8.20. The van der Waals surface area contributed by atoms with Crippen LogP contribution in [0.2, 0.25) is 0 Å². The first kappa shape index (κ1) is 36.5. The number of hydrogen-bond donors (Lipinski definition) is 6. The largest absolute Gasteiger partial charge is 0.480 e. The van der Waals surface area contributed by atoms with Crippen molar-refractivity contribution in [2.24, 2.45) is 0 Å². The average Bonchev–Trinajstić information content (AvgIpc) is 3.03. The molecule has 13 nitrogen and oxygen atoms in total. The van der Waals surface area contributed by atoms with E-state index in [9.17, 15) is 51.2 Å². The molecule has 1 heterocycles. The summed E-state index contributed by atoms with van der Waals surface area (Å²) in [5, 5.41) is 23.2. The maximum atomic E-state index is 14.0. The van der Waals surface area contributed by atoms with E-state index in [2.05, 4.69) is 10.6 Å². The summed E-state index contributed by atoms with van der Waals surface area (Å²) >= 11 is 0. The van der Waals surface area contributed by atoms with Crippen LogP contribution in [0.25, 0.3) is 11.0 Å². The molecule has 4 aromatic rings. The average molecular weight is 709 g/mol. The molecule has 0 spiro atoms. The van der Waals surface area contributed by atoms with Crippen molar-refractivity contribution in [3.63, 3.8) is 0 Å². The number of alkyl halides is 4. The van der Waals surface area contributed by atoms with Crippen LogP contribution in [0, 0.1) is 0 Å². The molecule has 0 radical (unpaired) electrons. The third-order valence-corrected chi connectivity index (χ3v) is 8.22. The van der Waals surface area contributed by atoms with Crippen LogP contribution < -0.4 is 16.1 Å². The highest BCUT2D eigenvalue weighted by molar-refractivity contribution is 7.52. The summed E-state index contributed by atoms with van der Waals surface area (Å²) in [4.78, 5) is 80.0. The molecular formula is C31H25F4N2O11P. The monoisotopic (exact) mass is 708 g/mol. The summed E-state index contributed by atoms with van der Waals surface area (Å²) in [6, 6.07) is 10.3. The molecule has 6 N–H and O–H groups in total. The van der Waals surface area contributed by atoms with E-state index in [0.29, 0.717) is 12.1 Å². The number of rotatable bonds is 13. The molecule has 0 aliphatic rings. The van der Waals surface area contributed by atoms with Crippen LogP contribution in [-0.2, 0) is 43.4 Å². The third-order valence-electron chi connectivity index (χ3n) is 7.23. The first-order valence-corrected chi connectivity index (χ1v) is 15.5. The first-order valence-electron chi connectivity index (χ1n) is 13.9. The van der Waals surface area contributed by atoms with Gasteiger partial charge in [0.05, 0.1) is 5.39 Å². The van der Waals surface area contributed by atoms with E-state index in [1.54, 1.807) is 6.07 Å². The fourth-order valence-electron chi connectivity index (χ4n) is 4.58. The number of fused-ring (bicyclic) bond motifs is 1. The molecule has 2 amide bonds. The Balaban J connectivity index is 1.61. The number of para-hydroxylation sites is 1. The number of nitrogens with one attached hydrogen (secondary N) is 2. The molecule has 0 fully saturated rings. The van der Waals surface area contributed by atoms with E-state index >= 15 is 0 Å². The number of aliphatic carboxylic acids is 2. The Morgan fingerprint density at radius 1 is 0.776 bits per heavy atom. The number of carbonyl (C=O) groups is 4. The van der Waals surface area contributed by atoms with Crippen LogP contribution in [0.1, 0.15) is 32.8 Å². The van der Waals surface area contributed by atoms with E-state index in [1.807, 2.05) is 0 Å². The molecule has 3 aromatic carbocycles. The second-order valence-electron chi connectivity index (χ2n) is 10.7. The minimum absolute atomic E-state index is 0.0339. The molecule has 0 aliphatic carbocycles. The van der Waals surface area contributed by atoms with E-state index in [1.165, 1.54) is 18.2 Å². The number of halogens is 4. The molecule has 258 valence electrons. The highest BCUT2D eigenvalue weighted by atomic mass is 31.2. The van der Waals surface area contributed by atoms with E-state index in [4.69, 9.17) is 19.3 Å². The van der Waals surface area contributed by atoms with Crippen molar-refractivity contribution in [2.75, 3.05) is 0 Å². The minimum Gasteiger partial charge on any atom is -0.480 e. The van der Waals surface area contributed by atoms with Crippen molar-refractivity contribution in [1.29, 1.82) is 0 Å². The van der Waals surface area contributed by atoms with Crippen molar-refractivity contribution < 1.29 is 65.7 Å². The fraction of sp³-hybridized carbons (Fsp3) is 0.194. The molecule has 0 saturated heterocycles. The molecule has 4 rings (SSSR count). The zero-order valence-corrected chi connectivity index (χ0v) is 25.6. The summed E-state index contributed by atoms with van der Waals surface area (Å²) in [6.07, 6.45) is -0.991. The minimum atomic E-state index is -5.88. The Morgan fingerprint density at radius 2 is 1.31 bits per heavy atom. The van der Waals surface area contributed by atoms with E-state index in [0.717, 1.165) is 42.5 Å². The zero-order valence-electron chi connectivity index (χ0n) is 24.7. The summed E-state index contributed by atoms with van der Waals surface area (Å²) in [7, 11) is -5.88. The van der Waals surface area contributed by atoms with Gasteiger partial charge in [-0.25, -0.2) is 9.59 Å². The van der Waals surface area contributed by atoms with Crippen molar-refractivity contribution in [3.8, 4) is 0 Å². The zero-order chi connectivity index (χ0) is 36.3. The standard InChI is InChI=1S/C31H25F4N2O11P/c32-30(33,29(43)44)18-9-5-16(6-10-18)13-21(36-27(40)25-15-23(38)20-3-1-2-4-24(20)48-25)26(39)37-22(28(41)42)14-17-7-11-19(12-8-17)31(34,35)49(45,46)47/h1-12,15,21-22H,13-14H2,(H,36,40)(H,37,39)(H,41,42)(H,43,44)(H2,45,46,47). The fourth-order valence-corrected chi connectivity index (χ4v) is 5.07. The second kappa shape index (κ2) is 14.0. The second-order valence-corrected chi connectivity index (χ2v) is 12.3. The van der Waals surface area contributed by atoms with Crippen LogP contribution in [-0.4, -0.2) is 55.8 Å². The Kier molecular flexibility index (Phi) is 10.4. The molecule has 1 aromatic heterocycles. The molecule has 0 aliphatic heterocycles. The van der Waals surface area contributed by atoms with Crippen LogP contribution >= 0.6 is 7.60 Å². The van der Waals surface area contributed by atoms with Crippen molar-refractivity contribution >= 4 is 42.3 Å². The Hall–Kier alpha value is -5.38. The SMILES string of the molecule is O=C(NC(Cc1ccc(C(F)(F)C(=O)O)cc1)C(=O)NC(Cc1ccc(C(F)(F)P(=O)(O)O)cc1)C(=O)O)c1cc(=O)c2ccccc2o1. The van der Waals surface area contributed by atoms with E-state index in [-0.39, 0.29) is 22.1 Å². The lowest BCUT2D eigenvalue weighted by Crippen LogP contribution is -2.53. The molecule has 18 heteroatoms. The highest BCUT2D eigenvalue weighted by Gasteiger charge is 2.50. The first-order chi connectivity index (χ1) is 22.8. The maximum absolute atomic E-state index is 14.0. The lowest BCUT2D eigenvalue weighted by atomic mass is 10.00. The summed E-state index contributed by atoms with van der Waals surface area (Å²) in [5.41, 5.74) is -6.86. The molecule has 2 unspecified atom stereocenters. The predicted octanol–water partition coefficient (Wildman–Crippen LogP) is 3.35. The van der Waals surface area contributed by atoms with Gasteiger partial charge in [0.2, 0.25) is 5.91 Å².